The van der Waals surface area contributed by atoms with Crippen LogP contribution in [-0.4, -0.2) is 31.7 Å². The lowest BCUT2D eigenvalue weighted by atomic mass is 10.2. The third-order valence-electron chi connectivity index (χ3n) is 3.57. The molecule has 1 aromatic heterocycles. The Morgan fingerprint density at radius 3 is 2.81 bits per heavy atom. The van der Waals surface area contributed by atoms with Crippen LogP contribution in [0.25, 0.3) is 6.08 Å². The molecule has 1 aromatic carbocycles. The first-order chi connectivity index (χ1) is 12.7. The number of rotatable bonds is 6. The molecule has 1 N–H and O–H groups in total. The van der Waals surface area contributed by atoms with Crippen molar-refractivity contribution in [2.75, 3.05) is 19.8 Å². The molecule has 1 aliphatic rings. The van der Waals surface area contributed by atoms with Gasteiger partial charge in [-0.25, -0.2) is 4.79 Å². The number of fused-ring (bicyclic) bond motifs is 1. The fourth-order valence-electron chi connectivity index (χ4n) is 2.28. The highest BCUT2D eigenvalue weighted by molar-refractivity contribution is 5.89. The van der Waals surface area contributed by atoms with Gasteiger partial charge >= 0.3 is 5.97 Å². The van der Waals surface area contributed by atoms with E-state index >= 15 is 0 Å². The molecule has 7 nitrogen and oxygen atoms in total. The van der Waals surface area contributed by atoms with E-state index in [1.807, 2.05) is 6.07 Å². The average molecular weight is 357 g/mol. The highest BCUT2D eigenvalue weighted by Crippen LogP contribution is 2.30. The predicted molar refractivity (Wildman–Crippen MR) is 92.6 cm³/mol. The molecule has 2 aromatic rings. The number of esters is 1. The Bertz CT molecular complexity index is 781. The number of amides is 1. The molecule has 3 rings (SSSR count). The Balaban J connectivity index is 1.45. The van der Waals surface area contributed by atoms with Crippen molar-refractivity contribution in [3.63, 3.8) is 0 Å². The highest BCUT2D eigenvalue weighted by Gasteiger charge is 2.10. The monoisotopic (exact) mass is 357 g/mol. The molecule has 1 aliphatic heterocycles. The summed E-state index contributed by atoms with van der Waals surface area (Å²) in [6.07, 6.45) is 5.21. The zero-order valence-electron chi connectivity index (χ0n) is 14.1. The van der Waals surface area contributed by atoms with E-state index in [0.29, 0.717) is 30.5 Å². The normalized spacial score (nSPS) is 13.2. The molecule has 0 aliphatic carbocycles. The maximum Gasteiger partial charge on any atom is 0.331 e. The van der Waals surface area contributed by atoms with Gasteiger partial charge in [0.1, 0.15) is 5.76 Å². The summed E-state index contributed by atoms with van der Waals surface area (Å²) in [5.74, 6) is 0.953. The van der Waals surface area contributed by atoms with Crippen LogP contribution in [0.4, 0.5) is 0 Å². The van der Waals surface area contributed by atoms with Crippen LogP contribution >= 0.6 is 0 Å². The van der Waals surface area contributed by atoms with Crippen molar-refractivity contribution in [3.05, 3.63) is 54.0 Å². The van der Waals surface area contributed by atoms with Gasteiger partial charge in [0.15, 0.2) is 18.1 Å². The molecule has 0 unspecified atom stereocenters. The second kappa shape index (κ2) is 8.75. The first kappa shape index (κ1) is 17.6. The Morgan fingerprint density at radius 1 is 1.15 bits per heavy atom. The summed E-state index contributed by atoms with van der Waals surface area (Å²) in [6.45, 7) is 1.10. The lowest BCUT2D eigenvalue weighted by Gasteiger charge is -2.07. The molecule has 0 spiro atoms. The fraction of sp³-hybridized carbons (Fsp3) is 0.263. The quantitative estimate of drug-likeness (QED) is 0.631. The Labute approximate surface area is 150 Å². The Morgan fingerprint density at radius 2 is 2.00 bits per heavy atom. The number of nitrogens with one attached hydrogen (secondary N) is 1. The predicted octanol–water partition coefficient (Wildman–Crippen LogP) is 2.31. The summed E-state index contributed by atoms with van der Waals surface area (Å²) >= 11 is 0. The zero-order chi connectivity index (χ0) is 18.2. The standard InChI is InChI=1S/C19H19NO6/c21-18(20-12-15-3-1-8-23-15)13-26-19(22)7-5-14-4-6-16-17(11-14)25-10-2-9-24-16/h1,3-8,11H,2,9-10,12-13H2,(H,20,21)/b7-5+. The first-order valence-electron chi connectivity index (χ1n) is 8.24. The van der Waals surface area contributed by atoms with Crippen molar-refractivity contribution in [1.82, 2.24) is 5.32 Å². The minimum Gasteiger partial charge on any atom is -0.490 e. The molecular weight excluding hydrogens is 338 g/mol. The van der Waals surface area contributed by atoms with Gasteiger partial charge in [-0.2, -0.15) is 0 Å². The van der Waals surface area contributed by atoms with E-state index in [1.54, 1.807) is 30.3 Å². The highest BCUT2D eigenvalue weighted by atomic mass is 16.5. The molecule has 1 amide bonds. The number of carbonyl (C=O) groups is 2. The van der Waals surface area contributed by atoms with Crippen molar-refractivity contribution in [3.8, 4) is 11.5 Å². The van der Waals surface area contributed by atoms with Crippen molar-refractivity contribution >= 4 is 18.0 Å². The second-order valence-corrected chi connectivity index (χ2v) is 5.55. The third-order valence-corrected chi connectivity index (χ3v) is 3.57. The van der Waals surface area contributed by atoms with Crippen molar-refractivity contribution in [2.24, 2.45) is 0 Å². The van der Waals surface area contributed by atoms with Gasteiger partial charge in [-0.05, 0) is 35.9 Å². The largest absolute Gasteiger partial charge is 0.490 e. The molecule has 0 saturated carbocycles. The maximum absolute atomic E-state index is 11.7. The van der Waals surface area contributed by atoms with E-state index in [0.717, 1.165) is 12.0 Å². The van der Waals surface area contributed by atoms with Crippen molar-refractivity contribution in [1.29, 1.82) is 0 Å². The van der Waals surface area contributed by atoms with E-state index in [9.17, 15) is 9.59 Å². The first-order valence-corrected chi connectivity index (χ1v) is 8.24. The van der Waals surface area contributed by atoms with Crippen LogP contribution in [0, 0.1) is 0 Å². The lowest BCUT2D eigenvalue weighted by molar-refractivity contribution is -0.143. The summed E-state index contributed by atoms with van der Waals surface area (Å²) in [6, 6.07) is 8.87. The minimum absolute atomic E-state index is 0.246. The van der Waals surface area contributed by atoms with Crippen LogP contribution in [0.3, 0.4) is 0 Å². The van der Waals surface area contributed by atoms with Gasteiger partial charge in [0.2, 0.25) is 0 Å². The number of benzene rings is 1. The topological polar surface area (TPSA) is 87.0 Å². The molecule has 0 bridgehead atoms. The summed E-state index contributed by atoms with van der Waals surface area (Å²) in [7, 11) is 0. The lowest BCUT2D eigenvalue weighted by Crippen LogP contribution is -2.27. The van der Waals surface area contributed by atoms with Gasteiger partial charge in [-0.3, -0.25) is 4.79 Å². The number of furan rings is 1. The number of hydrogen-bond donors (Lipinski definition) is 1. The van der Waals surface area contributed by atoms with Crippen molar-refractivity contribution in [2.45, 2.75) is 13.0 Å². The SMILES string of the molecule is O=C(COC(=O)/C=C/c1ccc2c(c1)OCCCO2)NCc1ccco1. The molecule has 0 atom stereocenters. The molecule has 136 valence electrons. The van der Waals surface area contributed by atoms with Crippen LogP contribution in [0.1, 0.15) is 17.7 Å². The van der Waals surface area contributed by atoms with E-state index in [2.05, 4.69) is 5.32 Å². The van der Waals surface area contributed by atoms with Crippen LogP contribution in [0.2, 0.25) is 0 Å². The molecule has 0 fully saturated rings. The van der Waals surface area contributed by atoms with Gasteiger partial charge in [-0.1, -0.05) is 6.07 Å². The molecular formula is C19H19NO6. The molecule has 2 heterocycles. The van der Waals surface area contributed by atoms with Crippen LogP contribution in [0.15, 0.2) is 47.1 Å². The maximum atomic E-state index is 11.7. The molecule has 0 saturated heterocycles. The zero-order valence-corrected chi connectivity index (χ0v) is 14.1. The Hall–Kier alpha value is -3.22. The molecule has 0 radical (unpaired) electrons. The minimum atomic E-state index is -0.606. The smallest absolute Gasteiger partial charge is 0.331 e. The molecule has 7 heteroatoms. The van der Waals surface area contributed by atoms with E-state index in [1.165, 1.54) is 12.3 Å². The van der Waals surface area contributed by atoms with Gasteiger partial charge in [-0.15, -0.1) is 0 Å². The van der Waals surface area contributed by atoms with Crippen LogP contribution in [0.5, 0.6) is 11.5 Å². The van der Waals surface area contributed by atoms with Crippen molar-refractivity contribution < 1.29 is 28.2 Å². The summed E-state index contributed by atoms with van der Waals surface area (Å²) < 4.78 is 21.1. The number of ether oxygens (including phenoxy) is 3. The fourth-order valence-corrected chi connectivity index (χ4v) is 2.28. The average Bonchev–Trinajstić information content (AvgIpc) is 3.07. The van der Waals surface area contributed by atoms with Gasteiger partial charge in [0.05, 0.1) is 26.0 Å². The summed E-state index contributed by atoms with van der Waals surface area (Å²) in [5.41, 5.74) is 0.772. The number of carbonyl (C=O) groups excluding carboxylic acids is 2. The van der Waals surface area contributed by atoms with Crippen LogP contribution in [-0.2, 0) is 20.9 Å². The van der Waals surface area contributed by atoms with E-state index in [4.69, 9.17) is 18.6 Å². The van der Waals surface area contributed by atoms with Gasteiger partial charge in [0.25, 0.3) is 5.91 Å². The number of hydrogen-bond acceptors (Lipinski definition) is 6. The van der Waals surface area contributed by atoms with E-state index in [-0.39, 0.29) is 13.2 Å². The summed E-state index contributed by atoms with van der Waals surface area (Å²) in [5, 5.41) is 2.59. The van der Waals surface area contributed by atoms with Crippen LogP contribution < -0.4 is 14.8 Å². The molecule has 26 heavy (non-hydrogen) atoms. The Kier molecular flexibility index (Phi) is 5.92. The van der Waals surface area contributed by atoms with Gasteiger partial charge in [0, 0.05) is 12.5 Å². The van der Waals surface area contributed by atoms with E-state index < -0.39 is 11.9 Å². The second-order valence-electron chi connectivity index (χ2n) is 5.55. The van der Waals surface area contributed by atoms with Gasteiger partial charge < -0.3 is 23.9 Å². The third kappa shape index (κ3) is 5.14. The summed E-state index contributed by atoms with van der Waals surface area (Å²) in [4.78, 5) is 23.4.